The van der Waals surface area contributed by atoms with Gasteiger partial charge in [0.2, 0.25) is 0 Å². The normalized spacial score (nSPS) is 19.0. The number of hydrogen-bond acceptors (Lipinski definition) is 5. The van der Waals surface area contributed by atoms with Gasteiger partial charge in [0.25, 0.3) is 0 Å². The zero-order valence-electron chi connectivity index (χ0n) is 15.5. The van der Waals surface area contributed by atoms with E-state index in [1.807, 2.05) is 26.0 Å². The number of aryl methyl sites for hydroxylation is 1. The van der Waals surface area contributed by atoms with Crippen molar-refractivity contribution >= 4 is 0 Å². The topological polar surface area (TPSA) is 67.3 Å². The van der Waals surface area contributed by atoms with Crippen LogP contribution in [0, 0.1) is 26.7 Å². The lowest BCUT2D eigenvalue weighted by atomic mass is 9.89. The predicted octanol–water partition coefficient (Wildman–Crippen LogP) is 3.46. The molecule has 1 fully saturated rings. The monoisotopic (exact) mass is 341 g/mol. The quantitative estimate of drug-likeness (QED) is 0.891. The molecule has 0 amide bonds. The van der Waals surface area contributed by atoms with E-state index in [1.54, 1.807) is 13.2 Å². The summed E-state index contributed by atoms with van der Waals surface area (Å²) >= 11 is 0. The first kappa shape index (κ1) is 17.8. The minimum atomic E-state index is -0.0559. The number of nitrogens with zero attached hydrogens (tertiary/aromatic N) is 2. The zero-order valence-corrected chi connectivity index (χ0v) is 15.5. The second-order valence-electron chi connectivity index (χ2n) is 6.97. The fourth-order valence-corrected chi connectivity index (χ4v) is 3.66. The van der Waals surface area contributed by atoms with Crippen LogP contribution in [0.1, 0.15) is 41.3 Å². The summed E-state index contributed by atoms with van der Waals surface area (Å²) in [4.78, 5) is 0. The van der Waals surface area contributed by atoms with Crippen molar-refractivity contribution in [2.45, 2.75) is 39.7 Å². The maximum absolute atomic E-state index is 10.3. The van der Waals surface area contributed by atoms with E-state index in [0.29, 0.717) is 5.92 Å². The molecule has 134 valence electrons. The number of piperidine rings is 1. The average Bonchev–Trinajstić information content (AvgIpc) is 2.61. The first-order valence-electron chi connectivity index (χ1n) is 8.90. The highest BCUT2D eigenvalue weighted by atomic mass is 16.5. The highest BCUT2D eigenvalue weighted by molar-refractivity contribution is 5.70. The number of aromatic hydroxyl groups is 1. The molecule has 0 aliphatic carbocycles. The van der Waals surface area contributed by atoms with Gasteiger partial charge < -0.3 is 15.2 Å². The molecular weight excluding hydrogens is 314 g/mol. The second kappa shape index (κ2) is 7.50. The van der Waals surface area contributed by atoms with Gasteiger partial charge in [-0.25, -0.2) is 0 Å². The van der Waals surface area contributed by atoms with Crippen LogP contribution in [-0.4, -0.2) is 35.5 Å². The lowest BCUT2D eigenvalue weighted by Crippen LogP contribution is -2.34. The summed E-state index contributed by atoms with van der Waals surface area (Å²) in [6.45, 7) is 8.07. The minimum absolute atomic E-state index is 0.0559. The third-order valence-electron chi connectivity index (χ3n) is 5.25. The van der Waals surface area contributed by atoms with Crippen molar-refractivity contribution in [3.05, 3.63) is 40.6 Å². The number of aromatic nitrogens is 2. The smallest absolute Gasteiger partial charge is 0.125 e. The van der Waals surface area contributed by atoms with Crippen molar-refractivity contribution < 1.29 is 9.84 Å². The Kier molecular flexibility index (Phi) is 5.35. The van der Waals surface area contributed by atoms with Crippen LogP contribution < -0.4 is 5.32 Å². The van der Waals surface area contributed by atoms with E-state index >= 15 is 0 Å². The van der Waals surface area contributed by atoms with Crippen molar-refractivity contribution in [3.8, 4) is 17.0 Å². The number of phenolic OH excluding ortho intramolecular Hbond substituents is 1. The molecule has 25 heavy (non-hydrogen) atoms. The first-order chi connectivity index (χ1) is 12.0. The van der Waals surface area contributed by atoms with Crippen LogP contribution in [0.4, 0.5) is 0 Å². The Morgan fingerprint density at radius 3 is 2.64 bits per heavy atom. The SMILES string of the molecule is COC(c1nnc(-c2ccc(C)cc2O)c(C)c1C)C1CCCNC1. The molecule has 0 spiro atoms. The zero-order chi connectivity index (χ0) is 18.0. The minimum Gasteiger partial charge on any atom is -0.507 e. The molecular formula is C20H27N3O2. The Morgan fingerprint density at radius 1 is 1.20 bits per heavy atom. The molecule has 2 aromatic rings. The molecule has 2 heterocycles. The maximum atomic E-state index is 10.3. The molecule has 2 unspecified atom stereocenters. The van der Waals surface area contributed by atoms with Crippen molar-refractivity contribution in [3.63, 3.8) is 0 Å². The van der Waals surface area contributed by atoms with Gasteiger partial charge >= 0.3 is 0 Å². The predicted molar refractivity (Wildman–Crippen MR) is 98.7 cm³/mol. The van der Waals surface area contributed by atoms with E-state index in [-0.39, 0.29) is 11.9 Å². The molecule has 2 atom stereocenters. The summed E-state index contributed by atoms with van der Waals surface area (Å²) in [5.74, 6) is 0.647. The average molecular weight is 341 g/mol. The maximum Gasteiger partial charge on any atom is 0.125 e. The molecule has 5 nitrogen and oxygen atoms in total. The Bertz CT molecular complexity index is 755. The summed E-state index contributed by atoms with van der Waals surface area (Å²) in [6, 6.07) is 5.63. The summed E-state index contributed by atoms with van der Waals surface area (Å²) in [5, 5.41) is 22.7. The lowest BCUT2D eigenvalue weighted by Gasteiger charge is -2.30. The van der Waals surface area contributed by atoms with Crippen LogP contribution in [0.3, 0.4) is 0 Å². The molecule has 0 saturated carbocycles. The summed E-state index contributed by atoms with van der Waals surface area (Å²) in [6.07, 6.45) is 2.23. The molecule has 1 aliphatic heterocycles. The molecule has 3 rings (SSSR count). The molecule has 0 bridgehead atoms. The van der Waals surface area contributed by atoms with Crippen LogP contribution in [0.5, 0.6) is 5.75 Å². The van der Waals surface area contributed by atoms with E-state index in [4.69, 9.17) is 4.74 Å². The number of benzene rings is 1. The third-order valence-corrected chi connectivity index (χ3v) is 5.25. The van der Waals surface area contributed by atoms with E-state index in [9.17, 15) is 5.11 Å². The van der Waals surface area contributed by atoms with Crippen molar-refractivity contribution in [2.75, 3.05) is 20.2 Å². The van der Waals surface area contributed by atoms with Gasteiger partial charge in [-0.2, -0.15) is 5.10 Å². The highest BCUT2D eigenvalue weighted by Crippen LogP contribution is 2.36. The Hall–Kier alpha value is -1.98. The fraction of sp³-hybridized carbons (Fsp3) is 0.500. The van der Waals surface area contributed by atoms with Crippen molar-refractivity contribution in [2.24, 2.45) is 5.92 Å². The van der Waals surface area contributed by atoms with Crippen molar-refractivity contribution in [1.29, 1.82) is 0 Å². The van der Waals surface area contributed by atoms with E-state index in [2.05, 4.69) is 22.4 Å². The number of hydrogen-bond donors (Lipinski definition) is 2. The summed E-state index contributed by atoms with van der Waals surface area (Å²) < 4.78 is 5.80. The molecule has 1 aromatic heterocycles. The summed E-state index contributed by atoms with van der Waals surface area (Å²) in [7, 11) is 1.75. The van der Waals surface area contributed by atoms with Gasteiger partial charge in [0.05, 0.1) is 11.4 Å². The molecule has 1 aromatic carbocycles. The van der Waals surface area contributed by atoms with Gasteiger partial charge in [-0.05, 0) is 69.0 Å². The van der Waals surface area contributed by atoms with Crippen LogP contribution in [-0.2, 0) is 4.74 Å². The van der Waals surface area contributed by atoms with Gasteiger partial charge in [-0.3, -0.25) is 0 Å². The number of rotatable bonds is 4. The molecule has 0 radical (unpaired) electrons. The van der Waals surface area contributed by atoms with Gasteiger partial charge in [0.1, 0.15) is 11.9 Å². The lowest BCUT2D eigenvalue weighted by molar-refractivity contribution is 0.0365. The second-order valence-corrected chi connectivity index (χ2v) is 6.97. The molecule has 1 saturated heterocycles. The van der Waals surface area contributed by atoms with Gasteiger partial charge in [-0.1, -0.05) is 6.07 Å². The largest absolute Gasteiger partial charge is 0.507 e. The van der Waals surface area contributed by atoms with E-state index in [1.165, 1.54) is 0 Å². The molecule has 1 aliphatic rings. The van der Waals surface area contributed by atoms with Crippen LogP contribution in [0.25, 0.3) is 11.3 Å². The third kappa shape index (κ3) is 3.53. The van der Waals surface area contributed by atoms with Crippen LogP contribution in [0.15, 0.2) is 18.2 Å². The summed E-state index contributed by atoms with van der Waals surface area (Å²) in [5.41, 5.74) is 5.50. The number of methoxy groups -OCH3 is 1. The molecule has 2 N–H and O–H groups in total. The van der Waals surface area contributed by atoms with Gasteiger partial charge in [-0.15, -0.1) is 5.10 Å². The van der Waals surface area contributed by atoms with Crippen LogP contribution >= 0.6 is 0 Å². The fourth-order valence-electron chi connectivity index (χ4n) is 3.66. The van der Waals surface area contributed by atoms with Crippen LogP contribution in [0.2, 0.25) is 0 Å². The van der Waals surface area contributed by atoms with Gasteiger partial charge in [0, 0.05) is 25.1 Å². The Labute approximate surface area is 149 Å². The number of phenols is 1. The Morgan fingerprint density at radius 2 is 2.00 bits per heavy atom. The standard InChI is InChI=1S/C20H27N3O2/c1-12-7-8-16(17(24)10-12)18-13(2)14(3)19(23-22-18)20(25-4)15-6-5-9-21-11-15/h7-8,10,15,20-21,24H,5-6,9,11H2,1-4H3. The first-order valence-corrected chi connectivity index (χ1v) is 8.90. The Balaban J connectivity index is 1.99. The highest BCUT2D eigenvalue weighted by Gasteiger charge is 2.29. The number of nitrogens with one attached hydrogen (secondary N) is 1. The van der Waals surface area contributed by atoms with Gasteiger partial charge in [0.15, 0.2) is 0 Å². The van der Waals surface area contributed by atoms with Crippen molar-refractivity contribution in [1.82, 2.24) is 15.5 Å². The molecule has 5 heteroatoms. The van der Waals surface area contributed by atoms with E-state index < -0.39 is 0 Å². The van der Waals surface area contributed by atoms with E-state index in [0.717, 1.165) is 59.6 Å². The number of ether oxygens (including phenoxy) is 1.